The molecular weight excluding hydrogens is 310 g/mol. The molecule has 0 unspecified atom stereocenters. The molecule has 0 bridgehead atoms. The van der Waals surface area contributed by atoms with Crippen molar-refractivity contribution >= 4 is 6.41 Å². The number of rotatable bonds is 4. The summed E-state index contributed by atoms with van der Waals surface area (Å²) in [7, 11) is 0. The number of likely N-dealkylation sites (tertiary alicyclic amines) is 1. The largest absolute Gasteiger partial charge is 0.343 e. The summed E-state index contributed by atoms with van der Waals surface area (Å²) in [6, 6.07) is 0. The Morgan fingerprint density at radius 1 is 0.840 bits per heavy atom. The third-order valence-corrected chi connectivity index (χ3v) is 5.85. The van der Waals surface area contributed by atoms with Crippen molar-refractivity contribution in [2.45, 2.75) is 66.2 Å². The van der Waals surface area contributed by atoms with E-state index in [0.717, 1.165) is 44.4 Å². The molecular formula is C21H43N3O. The predicted molar refractivity (Wildman–Crippen MR) is 108 cm³/mol. The van der Waals surface area contributed by atoms with Crippen molar-refractivity contribution in [1.29, 1.82) is 0 Å². The summed E-state index contributed by atoms with van der Waals surface area (Å²) >= 11 is 0. The maximum Gasteiger partial charge on any atom is 0.209 e. The van der Waals surface area contributed by atoms with Gasteiger partial charge in [-0.3, -0.25) is 9.69 Å². The summed E-state index contributed by atoms with van der Waals surface area (Å²) in [5.41, 5.74) is 0. The number of carbonyl (C=O) groups is 1. The molecule has 3 rings (SSSR count). The van der Waals surface area contributed by atoms with Gasteiger partial charge in [0.15, 0.2) is 0 Å². The lowest BCUT2D eigenvalue weighted by molar-refractivity contribution is -0.119. The van der Waals surface area contributed by atoms with E-state index in [1.54, 1.807) is 0 Å². The van der Waals surface area contributed by atoms with Gasteiger partial charge in [-0.05, 0) is 57.2 Å². The molecule has 1 saturated carbocycles. The second-order valence-electron chi connectivity index (χ2n) is 7.71. The highest BCUT2D eigenvalue weighted by molar-refractivity contribution is 5.47. The van der Waals surface area contributed by atoms with Crippen molar-refractivity contribution < 1.29 is 4.79 Å². The zero-order valence-electron chi connectivity index (χ0n) is 17.4. The van der Waals surface area contributed by atoms with Crippen molar-refractivity contribution in [1.82, 2.24) is 14.7 Å². The maximum absolute atomic E-state index is 10.6. The van der Waals surface area contributed by atoms with Crippen molar-refractivity contribution in [3.63, 3.8) is 0 Å². The summed E-state index contributed by atoms with van der Waals surface area (Å²) in [5.74, 6) is 1.86. The Kier molecular flexibility index (Phi) is 12.2. The fraction of sp³-hybridized carbons (Fsp3) is 0.952. The van der Waals surface area contributed by atoms with E-state index in [2.05, 4.69) is 23.6 Å². The zero-order valence-corrected chi connectivity index (χ0v) is 17.4. The van der Waals surface area contributed by atoms with Gasteiger partial charge in [-0.2, -0.15) is 0 Å². The molecule has 0 aromatic rings. The van der Waals surface area contributed by atoms with Crippen molar-refractivity contribution in [3.05, 3.63) is 0 Å². The Hall–Kier alpha value is -0.610. The quantitative estimate of drug-likeness (QED) is 0.721. The maximum atomic E-state index is 10.6. The minimum Gasteiger partial charge on any atom is -0.343 e. The highest BCUT2D eigenvalue weighted by atomic mass is 16.1. The van der Waals surface area contributed by atoms with Gasteiger partial charge in [0.05, 0.1) is 0 Å². The Labute approximate surface area is 156 Å². The first kappa shape index (κ1) is 22.4. The number of hydrogen-bond donors (Lipinski definition) is 0. The van der Waals surface area contributed by atoms with Crippen LogP contribution >= 0.6 is 0 Å². The lowest BCUT2D eigenvalue weighted by atomic mass is 9.83. The van der Waals surface area contributed by atoms with Gasteiger partial charge in [-0.25, -0.2) is 0 Å². The molecule has 0 atom stereocenters. The highest BCUT2D eigenvalue weighted by Gasteiger charge is 2.22. The molecule has 0 aromatic carbocycles. The number of amides is 1. The first-order chi connectivity index (χ1) is 12.2. The SMILES string of the molecule is CC.CC1CCC(CN2CCN(C=O)CC2)CC1.CCN1CCCC1. The van der Waals surface area contributed by atoms with Crippen LogP contribution in [0.3, 0.4) is 0 Å². The van der Waals surface area contributed by atoms with Gasteiger partial charge >= 0.3 is 0 Å². The minimum atomic E-state index is 0.916. The Morgan fingerprint density at radius 3 is 1.84 bits per heavy atom. The molecule has 1 aliphatic carbocycles. The Morgan fingerprint density at radius 2 is 1.40 bits per heavy atom. The summed E-state index contributed by atoms with van der Waals surface area (Å²) in [6.45, 7) is 17.8. The van der Waals surface area contributed by atoms with Gasteiger partial charge in [0, 0.05) is 32.7 Å². The topological polar surface area (TPSA) is 26.8 Å². The number of nitrogens with zero attached hydrogens (tertiary/aromatic N) is 3. The summed E-state index contributed by atoms with van der Waals surface area (Å²) in [6.07, 6.45) is 9.49. The minimum absolute atomic E-state index is 0.916. The molecule has 0 N–H and O–H groups in total. The van der Waals surface area contributed by atoms with E-state index in [4.69, 9.17) is 0 Å². The molecule has 4 heteroatoms. The lowest BCUT2D eigenvalue weighted by Crippen LogP contribution is -2.47. The molecule has 2 saturated heterocycles. The molecule has 2 aliphatic heterocycles. The standard InChI is InChI=1S/C13H24N2O.C6H13N.C2H6/c1-12-2-4-13(5-3-12)10-14-6-8-15(11-16)9-7-14;1-2-7-5-3-4-6-7;1-2/h11-13H,2-10H2,1H3;2-6H2,1H3;1-2H3. The molecule has 0 aromatic heterocycles. The number of carbonyl (C=O) groups excluding carboxylic acids is 1. The second-order valence-corrected chi connectivity index (χ2v) is 7.71. The van der Waals surface area contributed by atoms with E-state index in [1.165, 1.54) is 64.7 Å². The monoisotopic (exact) mass is 353 g/mol. The van der Waals surface area contributed by atoms with Crippen LogP contribution in [0.25, 0.3) is 0 Å². The van der Waals surface area contributed by atoms with Gasteiger partial charge < -0.3 is 9.80 Å². The van der Waals surface area contributed by atoms with Gasteiger partial charge in [-0.15, -0.1) is 0 Å². The van der Waals surface area contributed by atoms with E-state index in [-0.39, 0.29) is 0 Å². The van der Waals surface area contributed by atoms with Gasteiger partial charge in [0.2, 0.25) is 6.41 Å². The number of piperazine rings is 1. The van der Waals surface area contributed by atoms with E-state index < -0.39 is 0 Å². The van der Waals surface area contributed by atoms with Crippen LogP contribution in [0, 0.1) is 11.8 Å². The van der Waals surface area contributed by atoms with Crippen LogP contribution in [0.5, 0.6) is 0 Å². The zero-order chi connectivity index (χ0) is 18.5. The normalized spacial score (nSPS) is 27.8. The van der Waals surface area contributed by atoms with E-state index in [1.807, 2.05) is 18.7 Å². The molecule has 1 amide bonds. The molecule has 25 heavy (non-hydrogen) atoms. The van der Waals surface area contributed by atoms with Crippen LogP contribution in [0.2, 0.25) is 0 Å². The van der Waals surface area contributed by atoms with Gasteiger partial charge in [0.25, 0.3) is 0 Å². The molecule has 0 radical (unpaired) electrons. The van der Waals surface area contributed by atoms with Crippen molar-refractivity contribution in [2.75, 3.05) is 52.4 Å². The van der Waals surface area contributed by atoms with E-state index in [9.17, 15) is 4.79 Å². The molecule has 2 heterocycles. The second kappa shape index (κ2) is 13.6. The first-order valence-electron chi connectivity index (χ1n) is 10.8. The van der Waals surface area contributed by atoms with Crippen LogP contribution in [-0.2, 0) is 4.79 Å². The third-order valence-electron chi connectivity index (χ3n) is 5.85. The highest BCUT2D eigenvalue weighted by Crippen LogP contribution is 2.28. The molecule has 3 aliphatic rings. The van der Waals surface area contributed by atoms with Crippen LogP contribution in [0.15, 0.2) is 0 Å². The fourth-order valence-corrected chi connectivity index (χ4v) is 4.03. The van der Waals surface area contributed by atoms with Gasteiger partial charge in [0.1, 0.15) is 0 Å². The summed E-state index contributed by atoms with van der Waals surface area (Å²) in [5, 5.41) is 0. The molecule has 0 spiro atoms. The van der Waals surface area contributed by atoms with Gasteiger partial charge in [-0.1, -0.05) is 40.5 Å². The van der Waals surface area contributed by atoms with Crippen LogP contribution < -0.4 is 0 Å². The lowest BCUT2D eigenvalue weighted by Gasteiger charge is -2.36. The first-order valence-corrected chi connectivity index (χ1v) is 10.8. The van der Waals surface area contributed by atoms with Crippen LogP contribution in [-0.4, -0.2) is 73.5 Å². The average Bonchev–Trinajstić information content (AvgIpc) is 3.20. The van der Waals surface area contributed by atoms with E-state index >= 15 is 0 Å². The number of hydrogen-bond acceptors (Lipinski definition) is 3. The van der Waals surface area contributed by atoms with Crippen LogP contribution in [0.1, 0.15) is 66.2 Å². The summed E-state index contributed by atoms with van der Waals surface area (Å²) < 4.78 is 0. The molecule has 4 nitrogen and oxygen atoms in total. The Bertz CT molecular complexity index is 315. The van der Waals surface area contributed by atoms with Crippen molar-refractivity contribution in [3.8, 4) is 0 Å². The smallest absolute Gasteiger partial charge is 0.209 e. The van der Waals surface area contributed by atoms with Crippen molar-refractivity contribution in [2.24, 2.45) is 11.8 Å². The fourth-order valence-electron chi connectivity index (χ4n) is 4.03. The Balaban J connectivity index is 0.000000290. The summed E-state index contributed by atoms with van der Waals surface area (Å²) in [4.78, 5) is 17.5. The molecule has 148 valence electrons. The van der Waals surface area contributed by atoms with Crippen LogP contribution in [0.4, 0.5) is 0 Å². The van der Waals surface area contributed by atoms with E-state index in [0.29, 0.717) is 0 Å². The third kappa shape index (κ3) is 9.05. The average molecular weight is 354 g/mol. The predicted octanol–water partition coefficient (Wildman–Crippen LogP) is 3.72. The molecule has 3 fully saturated rings.